The van der Waals surface area contributed by atoms with Crippen molar-refractivity contribution in [2.24, 2.45) is 0 Å². The van der Waals surface area contributed by atoms with E-state index in [-0.39, 0.29) is 11.0 Å². The largest absolute Gasteiger partial charge is 0.389 e. The molecule has 0 spiro atoms. The van der Waals surface area contributed by atoms with E-state index < -0.39 is 0 Å². The van der Waals surface area contributed by atoms with E-state index in [1.54, 1.807) is 11.8 Å². The third-order valence-corrected chi connectivity index (χ3v) is 3.53. The van der Waals surface area contributed by atoms with Gasteiger partial charge in [-0.1, -0.05) is 13.3 Å². The van der Waals surface area contributed by atoms with Crippen LogP contribution in [0.2, 0.25) is 0 Å². The fraction of sp³-hybridized carbons (Fsp3) is 1.00. The van der Waals surface area contributed by atoms with Crippen LogP contribution in [0.3, 0.4) is 0 Å². The van der Waals surface area contributed by atoms with Crippen molar-refractivity contribution < 1.29 is 9.84 Å². The minimum absolute atomic E-state index is 0.283. The molecule has 1 aliphatic rings. The fourth-order valence-electron chi connectivity index (χ4n) is 1.41. The quantitative estimate of drug-likeness (QED) is 0.708. The molecule has 1 rings (SSSR count). The Morgan fingerprint density at radius 2 is 2.45 bits per heavy atom. The van der Waals surface area contributed by atoms with Gasteiger partial charge in [0.05, 0.1) is 12.7 Å². The minimum Gasteiger partial charge on any atom is -0.389 e. The second kappa shape index (κ2) is 3.78. The van der Waals surface area contributed by atoms with Gasteiger partial charge in [-0.3, -0.25) is 0 Å². The van der Waals surface area contributed by atoms with Gasteiger partial charge in [0.25, 0.3) is 0 Å². The highest BCUT2D eigenvalue weighted by Crippen LogP contribution is 2.39. The molecule has 3 heteroatoms. The Labute approximate surface area is 72.3 Å². The fourth-order valence-corrected chi connectivity index (χ4v) is 2.68. The molecule has 0 radical (unpaired) electrons. The number of hydrogen-bond donors (Lipinski definition) is 1. The monoisotopic (exact) mass is 176 g/mol. The van der Waals surface area contributed by atoms with Crippen molar-refractivity contribution >= 4 is 11.8 Å². The number of rotatable bonds is 3. The molecule has 0 saturated carbocycles. The van der Waals surface area contributed by atoms with Gasteiger partial charge in [-0.15, -0.1) is 11.8 Å². The predicted molar refractivity (Wildman–Crippen MR) is 47.7 cm³/mol. The molecule has 1 fully saturated rings. The predicted octanol–water partition coefficient (Wildman–Crippen LogP) is 1.63. The molecule has 0 aromatic rings. The molecular weight excluding hydrogens is 160 g/mol. The molecule has 0 aromatic carbocycles. The molecule has 2 atom stereocenters. The van der Waals surface area contributed by atoms with E-state index in [1.165, 1.54) is 0 Å². The van der Waals surface area contributed by atoms with Crippen LogP contribution in [0, 0.1) is 0 Å². The van der Waals surface area contributed by atoms with Crippen molar-refractivity contribution in [2.75, 3.05) is 12.4 Å². The summed E-state index contributed by atoms with van der Waals surface area (Å²) in [7, 11) is 0. The normalized spacial score (nSPS) is 34.1. The molecule has 0 bridgehead atoms. The Morgan fingerprint density at radius 1 is 1.73 bits per heavy atom. The summed E-state index contributed by atoms with van der Waals surface area (Å²) in [6, 6.07) is 0. The van der Waals surface area contributed by atoms with Gasteiger partial charge in [-0.25, -0.2) is 0 Å². The van der Waals surface area contributed by atoms with E-state index in [0.717, 1.165) is 25.2 Å². The summed E-state index contributed by atoms with van der Waals surface area (Å²) < 4.78 is 5.56. The Kier molecular flexibility index (Phi) is 3.22. The first kappa shape index (κ1) is 9.36. The molecule has 66 valence electrons. The maximum atomic E-state index is 9.49. The Bertz CT molecular complexity index is 119. The summed E-state index contributed by atoms with van der Waals surface area (Å²) in [6.07, 6.45) is 1.67. The van der Waals surface area contributed by atoms with E-state index in [2.05, 4.69) is 6.92 Å². The van der Waals surface area contributed by atoms with E-state index in [4.69, 9.17) is 4.74 Å². The van der Waals surface area contributed by atoms with Gasteiger partial charge in [0, 0.05) is 5.75 Å². The minimum atomic E-state index is -0.352. The van der Waals surface area contributed by atoms with Crippen LogP contribution in [-0.4, -0.2) is 28.5 Å². The second-order valence-electron chi connectivity index (χ2n) is 2.93. The first-order valence-corrected chi connectivity index (χ1v) is 5.16. The summed E-state index contributed by atoms with van der Waals surface area (Å²) in [5, 5.41) is 9.49. The summed E-state index contributed by atoms with van der Waals surface area (Å²) in [5.74, 6) is 1.02. The van der Waals surface area contributed by atoms with Crippen LogP contribution in [0.25, 0.3) is 0 Å². The van der Waals surface area contributed by atoms with Gasteiger partial charge in [0.15, 0.2) is 0 Å². The first-order chi connectivity index (χ1) is 5.21. The van der Waals surface area contributed by atoms with Gasteiger partial charge in [0.2, 0.25) is 0 Å². The molecule has 0 aliphatic carbocycles. The zero-order valence-electron chi connectivity index (χ0n) is 7.17. The number of thioether (sulfide) groups is 1. The second-order valence-corrected chi connectivity index (χ2v) is 4.32. The zero-order valence-corrected chi connectivity index (χ0v) is 7.99. The Hall–Kier alpha value is 0.270. The molecule has 2 unspecified atom stereocenters. The molecule has 1 heterocycles. The van der Waals surface area contributed by atoms with E-state index in [1.807, 2.05) is 6.92 Å². The lowest BCUT2D eigenvalue weighted by atomic mass is 10.1. The van der Waals surface area contributed by atoms with Gasteiger partial charge < -0.3 is 9.84 Å². The van der Waals surface area contributed by atoms with Crippen molar-refractivity contribution in [3.63, 3.8) is 0 Å². The SMILES string of the molecule is CCCC1(C(C)O)OCCS1. The van der Waals surface area contributed by atoms with Gasteiger partial charge >= 0.3 is 0 Å². The third-order valence-electron chi connectivity index (χ3n) is 2.01. The van der Waals surface area contributed by atoms with Gasteiger partial charge in [-0.2, -0.15) is 0 Å². The van der Waals surface area contributed by atoms with Crippen molar-refractivity contribution in [2.45, 2.75) is 37.7 Å². The van der Waals surface area contributed by atoms with Crippen molar-refractivity contribution in [3.8, 4) is 0 Å². The zero-order chi connectivity index (χ0) is 8.32. The molecule has 1 aliphatic heterocycles. The van der Waals surface area contributed by atoms with Gasteiger partial charge in [-0.05, 0) is 13.3 Å². The highest BCUT2D eigenvalue weighted by atomic mass is 32.2. The van der Waals surface area contributed by atoms with Crippen LogP contribution < -0.4 is 0 Å². The summed E-state index contributed by atoms with van der Waals surface area (Å²) >= 11 is 1.75. The van der Waals surface area contributed by atoms with Crippen molar-refractivity contribution in [3.05, 3.63) is 0 Å². The molecule has 0 aromatic heterocycles. The maximum Gasteiger partial charge on any atom is 0.139 e. The lowest BCUT2D eigenvalue weighted by Gasteiger charge is -2.29. The number of ether oxygens (including phenoxy) is 1. The molecule has 11 heavy (non-hydrogen) atoms. The lowest BCUT2D eigenvalue weighted by Crippen LogP contribution is -2.36. The number of hydrogen-bond acceptors (Lipinski definition) is 3. The summed E-state index contributed by atoms with van der Waals surface area (Å²) in [4.78, 5) is -0.283. The summed E-state index contributed by atoms with van der Waals surface area (Å²) in [5.41, 5.74) is 0. The smallest absolute Gasteiger partial charge is 0.139 e. The molecular formula is C8H16O2S. The van der Waals surface area contributed by atoms with Crippen molar-refractivity contribution in [1.29, 1.82) is 0 Å². The third kappa shape index (κ3) is 1.89. The van der Waals surface area contributed by atoms with Crippen LogP contribution in [0.1, 0.15) is 26.7 Å². The van der Waals surface area contributed by atoms with Crippen LogP contribution in [0.5, 0.6) is 0 Å². The van der Waals surface area contributed by atoms with Crippen molar-refractivity contribution in [1.82, 2.24) is 0 Å². The van der Waals surface area contributed by atoms with Crippen LogP contribution in [0.4, 0.5) is 0 Å². The molecule has 0 amide bonds. The average Bonchev–Trinajstić information content (AvgIpc) is 2.38. The lowest BCUT2D eigenvalue weighted by molar-refractivity contribution is -0.0425. The topological polar surface area (TPSA) is 29.5 Å². The number of aliphatic hydroxyl groups excluding tert-OH is 1. The maximum absolute atomic E-state index is 9.49. The highest BCUT2D eigenvalue weighted by molar-refractivity contribution is 8.00. The molecule has 2 nitrogen and oxygen atoms in total. The number of aliphatic hydroxyl groups is 1. The standard InChI is InChI=1S/C8H16O2S/c1-3-4-8(7(2)9)10-5-6-11-8/h7,9H,3-6H2,1-2H3. The van der Waals surface area contributed by atoms with E-state index in [0.29, 0.717) is 0 Å². The first-order valence-electron chi connectivity index (χ1n) is 4.17. The van der Waals surface area contributed by atoms with Crippen LogP contribution in [-0.2, 0) is 4.74 Å². The Balaban J connectivity index is 2.55. The molecule has 1 saturated heterocycles. The highest BCUT2D eigenvalue weighted by Gasteiger charge is 2.39. The van der Waals surface area contributed by atoms with Crippen LogP contribution >= 0.6 is 11.8 Å². The van der Waals surface area contributed by atoms with Gasteiger partial charge in [0.1, 0.15) is 4.93 Å². The molecule has 1 N–H and O–H groups in total. The Morgan fingerprint density at radius 3 is 2.82 bits per heavy atom. The van der Waals surface area contributed by atoms with Crippen LogP contribution in [0.15, 0.2) is 0 Å². The van der Waals surface area contributed by atoms with E-state index >= 15 is 0 Å². The summed E-state index contributed by atoms with van der Waals surface area (Å²) in [6.45, 7) is 4.72. The average molecular weight is 176 g/mol. The van der Waals surface area contributed by atoms with E-state index in [9.17, 15) is 5.11 Å².